The van der Waals surface area contributed by atoms with Crippen molar-refractivity contribution in [1.82, 2.24) is 0 Å². The maximum atomic E-state index is 11.5. The number of ether oxygens (including phenoxy) is 1. The zero-order chi connectivity index (χ0) is 13.5. The Balaban J connectivity index is 0.00000324. The molecule has 1 amide bonds. The zero-order valence-corrected chi connectivity index (χ0v) is 12.7. The summed E-state index contributed by atoms with van der Waals surface area (Å²) in [5.41, 5.74) is 6.20. The molecule has 0 aliphatic rings. The van der Waals surface area contributed by atoms with Gasteiger partial charge in [0.2, 0.25) is 5.91 Å². The number of carbonyl (C=O) groups excluding carboxylic acids is 1. The van der Waals surface area contributed by atoms with Crippen LogP contribution in [0.3, 0.4) is 0 Å². The van der Waals surface area contributed by atoms with Gasteiger partial charge in [0.25, 0.3) is 0 Å². The van der Waals surface area contributed by atoms with Crippen molar-refractivity contribution in [3.8, 4) is 5.75 Å². The average Bonchev–Trinajstić information content (AvgIpc) is 2.26. The van der Waals surface area contributed by atoms with E-state index in [0.29, 0.717) is 23.1 Å². The van der Waals surface area contributed by atoms with Crippen LogP contribution in [0.25, 0.3) is 0 Å². The molecular weight excluding hydrogens is 287 g/mol. The second kappa shape index (κ2) is 9.02. The first kappa shape index (κ1) is 18.0. The average molecular weight is 307 g/mol. The largest absolute Gasteiger partial charge is 0.492 e. The van der Waals surface area contributed by atoms with Crippen molar-refractivity contribution in [1.29, 1.82) is 0 Å². The predicted molar refractivity (Wildman–Crippen MR) is 81.4 cm³/mol. The molecule has 3 N–H and O–H groups in total. The van der Waals surface area contributed by atoms with Gasteiger partial charge in [0.15, 0.2) is 0 Å². The van der Waals surface area contributed by atoms with Gasteiger partial charge < -0.3 is 15.8 Å². The fourth-order valence-electron chi connectivity index (χ4n) is 1.41. The monoisotopic (exact) mass is 306 g/mol. The van der Waals surface area contributed by atoms with Crippen molar-refractivity contribution in [3.63, 3.8) is 0 Å². The Labute approximate surface area is 125 Å². The van der Waals surface area contributed by atoms with Crippen molar-refractivity contribution in [2.45, 2.75) is 32.7 Å². The van der Waals surface area contributed by atoms with Crippen molar-refractivity contribution >= 4 is 35.6 Å². The Morgan fingerprint density at radius 2 is 2.21 bits per heavy atom. The minimum atomic E-state index is -0.160. The van der Waals surface area contributed by atoms with Gasteiger partial charge in [0.1, 0.15) is 5.75 Å². The van der Waals surface area contributed by atoms with Gasteiger partial charge in [-0.3, -0.25) is 4.79 Å². The van der Waals surface area contributed by atoms with E-state index in [1.807, 2.05) is 6.92 Å². The maximum Gasteiger partial charge on any atom is 0.225 e. The summed E-state index contributed by atoms with van der Waals surface area (Å²) in [4.78, 5) is 11.5. The smallest absolute Gasteiger partial charge is 0.225 e. The SMILES string of the molecule is CCCOc1ccc(NC(=O)CC(C)N)cc1Cl.Cl. The standard InChI is InChI=1S/C13H19ClN2O2.ClH/c1-3-6-18-12-5-4-10(8-11(12)14)16-13(17)7-9(2)15;/h4-5,8-9H,3,6-7,15H2,1-2H3,(H,16,17);1H. The molecule has 19 heavy (non-hydrogen) atoms. The second-order valence-electron chi connectivity index (χ2n) is 4.22. The Kier molecular flexibility index (Phi) is 8.56. The van der Waals surface area contributed by atoms with Crippen LogP contribution in [-0.2, 0) is 4.79 Å². The Bertz CT molecular complexity index is 412. The number of nitrogens with two attached hydrogens (primary N) is 1. The minimum absolute atomic E-state index is 0. The molecule has 1 aromatic carbocycles. The molecule has 0 radical (unpaired) electrons. The molecule has 6 heteroatoms. The normalized spacial score (nSPS) is 11.4. The molecule has 0 aliphatic carbocycles. The number of anilines is 1. The highest BCUT2D eigenvalue weighted by Crippen LogP contribution is 2.27. The van der Waals surface area contributed by atoms with E-state index in [0.717, 1.165) is 6.42 Å². The lowest BCUT2D eigenvalue weighted by Crippen LogP contribution is -2.23. The lowest BCUT2D eigenvalue weighted by Gasteiger charge is -2.10. The molecule has 4 nitrogen and oxygen atoms in total. The molecule has 0 fully saturated rings. The predicted octanol–water partition coefficient (Wildman–Crippen LogP) is 3.23. The molecule has 0 spiro atoms. The van der Waals surface area contributed by atoms with Gasteiger partial charge in [0.05, 0.1) is 11.6 Å². The summed E-state index contributed by atoms with van der Waals surface area (Å²) in [5.74, 6) is 0.506. The van der Waals surface area contributed by atoms with Crippen LogP contribution in [0.1, 0.15) is 26.7 Å². The highest BCUT2D eigenvalue weighted by atomic mass is 35.5. The van der Waals surface area contributed by atoms with Gasteiger partial charge in [-0.1, -0.05) is 18.5 Å². The van der Waals surface area contributed by atoms with E-state index in [-0.39, 0.29) is 30.8 Å². The van der Waals surface area contributed by atoms with Crippen LogP contribution in [0, 0.1) is 0 Å². The molecule has 1 rings (SSSR count). The van der Waals surface area contributed by atoms with Crippen LogP contribution < -0.4 is 15.8 Å². The number of nitrogens with one attached hydrogen (secondary N) is 1. The van der Waals surface area contributed by atoms with Crippen molar-refractivity contribution in [3.05, 3.63) is 23.2 Å². The maximum absolute atomic E-state index is 11.5. The summed E-state index contributed by atoms with van der Waals surface area (Å²) in [5, 5.41) is 3.23. The molecule has 1 atom stereocenters. The highest BCUT2D eigenvalue weighted by Gasteiger charge is 2.07. The summed E-state index contributed by atoms with van der Waals surface area (Å²) in [6.07, 6.45) is 1.20. The molecule has 0 aliphatic heterocycles. The van der Waals surface area contributed by atoms with Gasteiger partial charge in [0, 0.05) is 18.2 Å². The van der Waals surface area contributed by atoms with Crippen molar-refractivity contribution < 1.29 is 9.53 Å². The topological polar surface area (TPSA) is 64.3 Å². The van der Waals surface area contributed by atoms with E-state index >= 15 is 0 Å². The first-order valence-corrected chi connectivity index (χ1v) is 6.38. The van der Waals surface area contributed by atoms with E-state index in [1.165, 1.54) is 0 Å². The van der Waals surface area contributed by atoms with Gasteiger partial charge >= 0.3 is 0 Å². The number of halogens is 2. The third-order valence-corrected chi connectivity index (χ3v) is 2.48. The molecule has 0 saturated carbocycles. The molecule has 1 unspecified atom stereocenters. The molecule has 0 aromatic heterocycles. The molecule has 0 saturated heterocycles. The number of amides is 1. The summed E-state index contributed by atoms with van der Waals surface area (Å²) >= 11 is 6.05. The van der Waals surface area contributed by atoms with Crippen LogP contribution in [0.15, 0.2) is 18.2 Å². The van der Waals surface area contributed by atoms with Gasteiger partial charge in [-0.25, -0.2) is 0 Å². The van der Waals surface area contributed by atoms with Crippen LogP contribution in [0.5, 0.6) is 5.75 Å². The van der Waals surface area contributed by atoms with Crippen LogP contribution in [-0.4, -0.2) is 18.6 Å². The fraction of sp³-hybridized carbons (Fsp3) is 0.462. The summed E-state index contributed by atoms with van der Waals surface area (Å²) < 4.78 is 5.45. The molecule has 1 aromatic rings. The third kappa shape index (κ3) is 6.66. The molecule has 0 bridgehead atoms. The highest BCUT2D eigenvalue weighted by molar-refractivity contribution is 6.32. The number of rotatable bonds is 6. The summed E-state index contributed by atoms with van der Waals surface area (Å²) in [6, 6.07) is 5.02. The minimum Gasteiger partial charge on any atom is -0.492 e. The zero-order valence-electron chi connectivity index (χ0n) is 11.1. The van der Waals surface area contributed by atoms with Gasteiger partial charge in [-0.15, -0.1) is 12.4 Å². The molecule has 0 heterocycles. The first-order chi connectivity index (χ1) is 8.52. The quantitative estimate of drug-likeness (QED) is 0.848. The van der Waals surface area contributed by atoms with Crippen LogP contribution in [0.2, 0.25) is 5.02 Å². The van der Waals surface area contributed by atoms with Crippen molar-refractivity contribution in [2.24, 2.45) is 5.73 Å². The lowest BCUT2D eigenvalue weighted by atomic mass is 10.2. The number of hydrogen-bond acceptors (Lipinski definition) is 3. The van der Waals surface area contributed by atoms with Gasteiger partial charge in [-0.2, -0.15) is 0 Å². The third-order valence-electron chi connectivity index (χ3n) is 2.18. The van der Waals surface area contributed by atoms with E-state index in [9.17, 15) is 4.79 Å². The first-order valence-electron chi connectivity index (χ1n) is 6.00. The molecule has 108 valence electrons. The van der Waals surface area contributed by atoms with Crippen LogP contribution >= 0.6 is 24.0 Å². The van der Waals surface area contributed by atoms with E-state index in [4.69, 9.17) is 22.1 Å². The molecular formula is C13H20Cl2N2O2. The summed E-state index contributed by atoms with van der Waals surface area (Å²) in [7, 11) is 0. The Hall–Kier alpha value is -0.970. The Morgan fingerprint density at radius 1 is 1.53 bits per heavy atom. The van der Waals surface area contributed by atoms with Gasteiger partial charge in [-0.05, 0) is 31.5 Å². The number of benzene rings is 1. The number of hydrogen-bond donors (Lipinski definition) is 2. The van der Waals surface area contributed by atoms with Crippen LogP contribution in [0.4, 0.5) is 5.69 Å². The Morgan fingerprint density at radius 3 is 2.74 bits per heavy atom. The van der Waals surface area contributed by atoms with E-state index in [2.05, 4.69) is 5.32 Å². The van der Waals surface area contributed by atoms with Crippen molar-refractivity contribution in [2.75, 3.05) is 11.9 Å². The second-order valence-corrected chi connectivity index (χ2v) is 4.63. The van der Waals surface area contributed by atoms with E-state index in [1.54, 1.807) is 25.1 Å². The van der Waals surface area contributed by atoms with E-state index < -0.39 is 0 Å². The number of carbonyl (C=O) groups is 1. The lowest BCUT2D eigenvalue weighted by molar-refractivity contribution is -0.116. The fourth-order valence-corrected chi connectivity index (χ4v) is 1.65. The summed E-state index contributed by atoms with van der Waals surface area (Å²) in [6.45, 7) is 4.43.